The molecule has 1 amide bonds. The third-order valence-corrected chi connectivity index (χ3v) is 6.77. The van der Waals surface area contributed by atoms with Crippen LogP contribution in [0.5, 0.6) is 0 Å². The molecule has 2 heterocycles. The van der Waals surface area contributed by atoms with Gasteiger partial charge in [-0.05, 0) is 62.3 Å². The number of amides is 1. The molecule has 3 rings (SSSR count). The molecular formula is C19H31N3OS. The van der Waals surface area contributed by atoms with Crippen LogP contribution in [0, 0.1) is 11.3 Å². The van der Waals surface area contributed by atoms with Gasteiger partial charge in [0, 0.05) is 23.9 Å². The summed E-state index contributed by atoms with van der Waals surface area (Å²) < 4.78 is 0. The minimum Gasteiger partial charge on any atom is -0.336 e. The van der Waals surface area contributed by atoms with E-state index < -0.39 is 0 Å². The Bertz CT molecular complexity index is 521. The maximum Gasteiger partial charge on any atom is 0.226 e. The largest absolute Gasteiger partial charge is 0.336 e. The molecular weight excluding hydrogens is 318 g/mol. The Hall–Kier alpha value is -0.910. The highest BCUT2D eigenvalue weighted by Crippen LogP contribution is 2.59. The zero-order valence-electron chi connectivity index (χ0n) is 15.1. The van der Waals surface area contributed by atoms with Crippen molar-refractivity contribution in [2.75, 3.05) is 39.3 Å². The third kappa shape index (κ3) is 4.01. The molecule has 1 atom stereocenters. The van der Waals surface area contributed by atoms with Crippen LogP contribution >= 0.6 is 11.3 Å². The SMILES string of the molecule is CCN(CC)CCN(Cc1cccs1)C(=O)C1CC12CCNCC2. The highest BCUT2D eigenvalue weighted by molar-refractivity contribution is 7.09. The molecule has 1 spiro atoms. The molecule has 1 aromatic rings. The van der Waals surface area contributed by atoms with E-state index in [1.807, 2.05) is 0 Å². The number of hydrogen-bond donors (Lipinski definition) is 1. The first kappa shape index (κ1) is 17.9. The normalized spacial score (nSPS) is 22.0. The van der Waals surface area contributed by atoms with E-state index in [1.54, 1.807) is 11.3 Å². The van der Waals surface area contributed by atoms with Crippen molar-refractivity contribution in [1.82, 2.24) is 15.1 Å². The zero-order chi connectivity index (χ0) is 17.0. The Balaban J connectivity index is 1.63. The molecule has 1 saturated carbocycles. The van der Waals surface area contributed by atoms with Gasteiger partial charge in [-0.2, -0.15) is 0 Å². The fraction of sp³-hybridized carbons (Fsp3) is 0.737. The summed E-state index contributed by atoms with van der Waals surface area (Å²) in [4.78, 5) is 19.0. The molecule has 1 aliphatic carbocycles. The van der Waals surface area contributed by atoms with Crippen molar-refractivity contribution < 1.29 is 4.79 Å². The van der Waals surface area contributed by atoms with Gasteiger partial charge in [-0.3, -0.25) is 4.79 Å². The van der Waals surface area contributed by atoms with Crippen molar-refractivity contribution in [2.24, 2.45) is 11.3 Å². The van der Waals surface area contributed by atoms with Crippen LogP contribution in [0.3, 0.4) is 0 Å². The number of hydrogen-bond acceptors (Lipinski definition) is 4. The molecule has 5 heteroatoms. The van der Waals surface area contributed by atoms with E-state index in [4.69, 9.17) is 0 Å². The number of rotatable bonds is 8. The van der Waals surface area contributed by atoms with Crippen LogP contribution in [-0.2, 0) is 11.3 Å². The van der Waals surface area contributed by atoms with Crippen LogP contribution in [0.25, 0.3) is 0 Å². The van der Waals surface area contributed by atoms with Crippen LogP contribution in [0.15, 0.2) is 17.5 Å². The van der Waals surface area contributed by atoms with Crippen molar-refractivity contribution in [3.63, 3.8) is 0 Å². The van der Waals surface area contributed by atoms with Gasteiger partial charge in [0.2, 0.25) is 5.91 Å². The van der Waals surface area contributed by atoms with Gasteiger partial charge in [0.25, 0.3) is 0 Å². The predicted molar refractivity (Wildman–Crippen MR) is 100 cm³/mol. The second-order valence-electron chi connectivity index (χ2n) is 7.24. The second kappa shape index (κ2) is 7.98. The van der Waals surface area contributed by atoms with E-state index in [2.05, 4.69) is 46.5 Å². The standard InChI is InChI=1S/C19H31N3OS/c1-3-21(4-2)11-12-22(15-16-6-5-13-24-16)18(23)17-14-19(17)7-9-20-10-8-19/h5-6,13,17,20H,3-4,7-12,14-15H2,1-2H3. The van der Waals surface area contributed by atoms with Gasteiger partial charge in [-0.25, -0.2) is 0 Å². The maximum absolute atomic E-state index is 13.2. The minimum atomic E-state index is 0.274. The van der Waals surface area contributed by atoms with E-state index in [9.17, 15) is 4.79 Å². The summed E-state index contributed by atoms with van der Waals surface area (Å²) in [6.45, 7) is 11.3. The molecule has 1 aliphatic heterocycles. The van der Waals surface area contributed by atoms with Crippen molar-refractivity contribution in [3.05, 3.63) is 22.4 Å². The lowest BCUT2D eigenvalue weighted by Gasteiger charge is -2.29. The Morgan fingerprint density at radius 3 is 2.67 bits per heavy atom. The van der Waals surface area contributed by atoms with Gasteiger partial charge in [0.15, 0.2) is 0 Å². The fourth-order valence-electron chi connectivity index (χ4n) is 4.05. The molecule has 4 nitrogen and oxygen atoms in total. The van der Waals surface area contributed by atoms with Gasteiger partial charge in [0.05, 0.1) is 6.54 Å². The quantitative estimate of drug-likeness (QED) is 0.784. The summed E-state index contributed by atoms with van der Waals surface area (Å²) in [5.74, 6) is 0.675. The third-order valence-electron chi connectivity index (χ3n) is 5.91. The van der Waals surface area contributed by atoms with E-state index in [1.165, 1.54) is 17.7 Å². The highest BCUT2D eigenvalue weighted by atomic mass is 32.1. The zero-order valence-corrected chi connectivity index (χ0v) is 15.9. The molecule has 24 heavy (non-hydrogen) atoms. The van der Waals surface area contributed by atoms with Crippen molar-refractivity contribution in [2.45, 2.75) is 39.7 Å². The number of likely N-dealkylation sites (N-methyl/N-ethyl adjacent to an activating group) is 1. The lowest BCUT2D eigenvalue weighted by molar-refractivity contribution is -0.134. The summed E-state index contributed by atoms with van der Waals surface area (Å²) in [6, 6.07) is 4.23. The molecule has 1 aromatic heterocycles. The summed E-state index contributed by atoms with van der Waals surface area (Å²) in [6.07, 6.45) is 3.46. The van der Waals surface area contributed by atoms with Crippen LogP contribution in [0.2, 0.25) is 0 Å². The second-order valence-corrected chi connectivity index (χ2v) is 8.27. The molecule has 0 radical (unpaired) electrons. The topological polar surface area (TPSA) is 35.6 Å². The van der Waals surface area contributed by atoms with E-state index in [0.29, 0.717) is 11.3 Å². The smallest absolute Gasteiger partial charge is 0.226 e. The van der Waals surface area contributed by atoms with Crippen molar-refractivity contribution in [3.8, 4) is 0 Å². The number of piperidine rings is 1. The van der Waals surface area contributed by atoms with Gasteiger partial charge in [-0.15, -0.1) is 11.3 Å². The number of carbonyl (C=O) groups excluding carboxylic acids is 1. The average Bonchev–Trinajstić information content (AvgIpc) is 3.05. The highest BCUT2D eigenvalue weighted by Gasteiger charge is 2.58. The first-order valence-corrected chi connectivity index (χ1v) is 10.3. The lowest BCUT2D eigenvalue weighted by atomic mass is 9.91. The number of carbonyl (C=O) groups is 1. The number of nitrogens with zero attached hydrogens (tertiary/aromatic N) is 2. The minimum absolute atomic E-state index is 0.274. The van der Waals surface area contributed by atoms with E-state index in [-0.39, 0.29) is 5.92 Å². The van der Waals surface area contributed by atoms with Gasteiger partial charge < -0.3 is 15.1 Å². The molecule has 1 N–H and O–H groups in total. The Kier molecular flexibility index (Phi) is 5.95. The first-order chi connectivity index (χ1) is 11.7. The Morgan fingerprint density at radius 1 is 1.29 bits per heavy atom. The first-order valence-electron chi connectivity index (χ1n) is 9.43. The Morgan fingerprint density at radius 2 is 2.04 bits per heavy atom. The summed E-state index contributed by atoms with van der Waals surface area (Å²) in [5, 5.41) is 5.54. The molecule has 0 aromatic carbocycles. The predicted octanol–water partition coefficient (Wildman–Crippen LogP) is 2.81. The van der Waals surface area contributed by atoms with Gasteiger partial charge in [-0.1, -0.05) is 19.9 Å². The molecule has 2 aliphatic rings. The number of thiophene rings is 1. The molecule has 1 saturated heterocycles. The van der Waals surface area contributed by atoms with E-state index in [0.717, 1.165) is 52.2 Å². The lowest BCUT2D eigenvalue weighted by Crippen LogP contribution is -2.40. The number of nitrogens with one attached hydrogen (secondary N) is 1. The molecule has 0 bridgehead atoms. The van der Waals surface area contributed by atoms with Crippen LogP contribution < -0.4 is 5.32 Å². The summed E-state index contributed by atoms with van der Waals surface area (Å²) in [7, 11) is 0. The molecule has 1 unspecified atom stereocenters. The van der Waals surface area contributed by atoms with Crippen LogP contribution in [0.1, 0.15) is 38.0 Å². The maximum atomic E-state index is 13.2. The Labute approximate surface area is 150 Å². The van der Waals surface area contributed by atoms with Crippen LogP contribution in [-0.4, -0.2) is 55.0 Å². The molecule has 2 fully saturated rings. The van der Waals surface area contributed by atoms with Crippen LogP contribution in [0.4, 0.5) is 0 Å². The van der Waals surface area contributed by atoms with Crippen molar-refractivity contribution >= 4 is 17.2 Å². The average molecular weight is 350 g/mol. The van der Waals surface area contributed by atoms with E-state index >= 15 is 0 Å². The fourth-order valence-corrected chi connectivity index (χ4v) is 4.77. The summed E-state index contributed by atoms with van der Waals surface area (Å²) in [5.41, 5.74) is 0.325. The van der Waals surface area contributed by atoms with Gasteiger partial charge in [0.1, 0.15) is 0 Å². The molecule has 134 valence electrons. The van der Waals surface area contributed by atoms with Gasteiger partial charge >= 0.3 is 0 Å². The monoisotopic (exact) mass is 349 g/mol. The summed E-state index contributed by atoms with van der Waals surface area (Å²) >= 11 is 1.76. The van der Waals surface area contributed by atoms with Crippen molar-refractivity contribution in [1.29, 1.82) is 0 Å².